The molecule has 134 valence electrons. The Kier molecular flexibility index (Phi) is 5.94. The summed E-state index contributed by atoms with van der Waals surface area (Å²) in [6.07, 6.45) is 4.79. The Morgan fingerprint density at radius 2 is 2.00 bits per heavy atom. The van der Waals surface area contributed by atoms with Crippen molar-refractivity contribution in [1.29, 1.82) is 0 Å². The summed E-state index contributed by atoms with van der Waals surface area (Å²) in [6.45, 7) is 10.2. The van der Waals surface area contributed by atoms with Crippen molar-refractivity contribution in [3.05, 3.63) is 53.7 Å². The number of likely N-dealkylation sites (N-methyl/N-ethyl adjacent to an activating group) is 1. The minimum Gasteiger partial charge on any atom is -0.354 e. The van der Waals surface area contributed by atoms with Crippen LogP contribution >= 0.6 is 0 Å². The van der Waals surface area contributed by atoms with Crippen LogP contribution in [0.5, 0.6) is 0 Å². The van der Waals surface area contributed by atoms with Gasteiger partial charge in [0, 0.05) is 51.2 Å². The lowest BCUT2D eigenvalue weighted by atomic mass is 10.1. The third-order valence-electron chi connectivity index (χ3n) is 4.79. The molecule has 0 aliphatic carbocycles. The highest BCUT2D eigenvalue weighted by Crippen LogP contribution is 2.17. The zero-order valence-electron chi connectivity index (χ0n) is 15.0. The van der Waals surface area contributed by atoms with Crippen LogP contribution in [0.4, 0.5) is 10.2 Å². The molecule has 1 fully saturated rings. The first-order chi connectivity index (χ1) is 12.2. The van der Waals surface area contributed by atoms with Gasteiger partial charge in [-0.2, -0.15) is 0 Å². The van der Waals surface area contributed by atoms with Crippen molar-refractivity contribution >= 4 is 5.82 Å². The van der Waals surface area contributed by atoms with E-state index in [1.807, 2.05) is 19.2 Å². The lowest BCUT2D eigenvalue weighted by Gasteiger charge is -2.34. The molecule has 0 bridgehead atoms. The number of nitrogens with zero attached hydrogens (tertiary/aromatic N) is 4. The quantitative estimate of drug-likeness (QED) is 0.873. The van der Waals surface area contributed by atoms with E-state index in [0.717, 1.165) is 44.1 Å². The Morgan fingerprint density at radius 3 is 2.72 bits per heavy atom. The van der Waals surface area contributed by atoms with Crippen molar-refractivity contribution in [3.63, 3.8) is 0 Å². The number of nitrogens with one attached hydrogen (secondary N) is 1. The molecule has 2 aromatic heterocycles. The number of aromatic nitrogens is 2. The van der Waals surface area contributed by atoms with Crippen LogP contribution in [0.15, 0.2) is 36.8 Å². The van der Waals surface area contributed by atoms with E-state index in [-0.39, 0.29) is 11.9 Å². The summed E-state index contributed by atoms with van der Waals surface area (Å²) in [5, 5.41) is 3.43. The van der Waals surface area contributed by atoms with Crippen LogP contribution in [-0.2, 0) is 6.54 Å². The third-order valence-corrected chi connectivity index (χ3v) is 4.79. The van der Waals surface area contributed by atoms with Gasteiger partial charge in [-0.3, -0.25) is 4.98 Å². The number of rotatable bonds is 6. The average molecular weight is 343 g/mol. The molecule has 0 radical (unpaired) electrons. The van der Waals surface area contributed by atoms with Crippen molar-refractivity contribution in [2.45, 2.75) is 26.4 Å². The first-order valence-electron chi connectivity index (χ1n) is 8.91. The number of anilines is 1. The molecule has 1 saturated heterocycles. The standard InChI is InChI=1S/C19H26FN5/c1-3-24-6-8-25(9-7-24)19-10-16(4-5-22-19)12-23-15(2)17-11-18(20)14-21-13-17/h4-5,10-11,13-15,23H,3,6-9,12H2,1-2H3. The molecule has 1 N–H and O–H groups in total. The maximum absolute atomic E-state index is 13.3. The summed E-state index contributed by atoms with van der Waals surface area (Å²) in [4.78, 5) is 13.2. The second-order valence-corrected chi connectivity index (χ2v) is 6.48. The molecular weight excluding hydrogens is 317 g/mol. The van der Waals surface area contributed by atoms with Gasteiger partial charge in [0.1, 0.15) is 11.6 Å². The van der Waals surface area contributed by atoms with Crippen LogP contribution in [0.3, 0.4) is 0 Å². The fourth-order valence-electron chi connectivity index (χ4n) is 3.09. The van der Waals surface area contributed by atoms with Crippen molar-refractivity contribution in [2.24, 2.45) is 0 Å². The summed E-state index contributed by atoms with van der Waals surface area (Å²) < 4.78 is 13.3. The predicted octanol–water partition coefficient (Wildman–Crippen LogP) is 2.61. The molecule has 1 atom stereocenters. The topological polar surface area (TPSA) is 44.3 Å². The molecule has 3 heterocycles. The Hall–Kier alpha value is -2.05. The number of hydrogen-bond acceptors (Lipinski definition) is 5. The van der Waals surface area contributed by atoms with Gasteiger partial charge < -0.3 is 15.1 Å². The van der Waals surface area contributed by atoms with Crippen LogP contribution in [-0.4, -0.2) is 47.6 Å². The lowest BCUT2D eigenvalue weighted by Crippen LogP contribution is -2.46. The molecule has 0 aromatic carbocycles. The second-order valence-electron chi connectivity index (χ2n) is 6.48. The molecule has 6 heteroatoms. The molecule has 2 aromatic rings. The van der Waals surface area contributed by atoms with Crippen molar-refractivity contribution in [1.82, 2.24) is 20.2 Å². The van der Waals surface area contributed by atoms with Gasteiger partial charge in [0.05, 0.1) is 6.20 Å². The fourth-order valence-corrected chi connectivity index (χ4v) is 3.09. The fraction of sp³-hybridized carbons (Fsp3) is 0.474. The molecule has 1 unspecified atom stereocenters. The first kappa shape index (κ1) is 17.8. The molecule has 1 aliphatic rings. The van der Waals surface area contributed by atoms with Gasteiger partial charge in [0.2, 0.25) is 0 Å². The zero-order chi connectivity index (χ0) is 17.6. The highest BCUT2D eigenvalue weighted by Gasteiger charge is 2.17. The van der Waals surface area contributed by atoms with E-state index < -0.39 is 0 Å². The Morgan fingerprint density at radius 1 is 1.20 bits per heavy atom. The van der Waals surface area contributed by atoms with Crippen LogP contribution in [0.1, 0.15) is 31.0 Å². The largest absolute Gasteiger partial charge is 0.354 e. The summed E-state index contributed by atoms with van der Waals surface area (Å²) in [5.41, 5.74) is 2.03. The summed E-state index contributed by atoms with van der Waals surface area (Å²) >= 11 is 0. The van der Waals surface area contributed by atoms with Gasteiger partial charge in [-0.15, -0.1) is 0 Å². The average Bonchev–Trinajstić information content (AvgIpc) is 2.66. The number of hydrogen-bond donors (Lipinski definition) is 1. The van der Waals surface area contributed by atoms with E-state index in [1.165, 1.54) is 17.8 Å². The van der Waals surface area contributed by atoms with Crippen molar-refractivity contribution in [3.8, 4) is 0 Å². The number of pyridine rings is 2. The normalized spacial score (nSPS) is 16.8. The van der Waals surface area contributed by atoms with Gasteiger partial charge in [-0.25, -0.2) is 9.37 Å². The molecule has 0 amide bonds. The van der Waals surface area contributed by atoms with Crippen LogP contribution < -0.4 is 10.2 Å². The highest BCUT2D eigenvalue weighted by atomic mass is 19.1. The summed E-state index contributed by atoms with van der Waals surface area (Å²) in [5.74, 6) is 0.735. The van der Waals surface area contributed by atoms with Gasteiger partial charge in [-0.1, -0.05) is 6.92 Å². The van der Waals surface area contributed by atoms with Crippen LogP contribution in [0.25, 0.3) is 0 Å². The van der Waals surface area contributed by atoms with Crippen molar-refractivity contribution in [2.75, 3.05) is 37.6 Å². The maximum atomic E-state index is 13.3. The molecular formula is C19H26FN5. The van der Waals surface area contributed by atoms with Gasteiger partial charge in [-0.05, 0) is 42.8 Å². The summed E-state index contributed by atoms with van der Waals surface area (Å²) in [6, 6.07) is 5.73. The minimum atomic E-state index is -0.302. The highest BCUT2D eigenvalue weighted by molar-refractivity contribution is 5.41. The SMILES string of the molecule is CCN1CCN(c2cc(CNC(C)c3cncc(F)c3)ccn2)CC1. The monoisotopic (exact) mass is 343 g/mol. The third kappa shape index (κ3) is 4.74. The van der Waals surface area contributed by atoms with E-state index >= 15 is 0 Å². The van der Waals surface area contributed by atoms with Crippen LogP contribution in [0.2, 0.25) is 0 Å². The van der Waals surface area contributed by atoms with Crippen LogP contribution in [0, 0.1) is 5.82 Å². The predicted molar refractivity (Wildman–Crippen MR) is 98.0 cm³/mol. The molecule has 0 saturated carbocycles. The maximum Gasteiger partial charge on any atom is 0.141 e. The number of piperazine rings is 1. The summed E-state index contributed by atoms with van der Waals surface area (Å²) in [7, 11) is 0. The first-order valence-corrected chi connectivity index (χ1v) is 8.91. The van der Waals surface area contributed by atoms with E-state index in [4.69, 9.17) is 0 Å². The van der Waals surface area contributed by atoms with E-state index in [1.54, 1.807) is 6.20 Å². The minimum absolute atomic E-state index is 0.0351. The molecule has 3 rings (SSSR count). The van der Waals surface area contributed by atoms with Gasteiger partial charge in [0.15, 0.2) is 0 Å². The van der Waals surface area contributed by atoms with Gasteiger partial charge >= 0.3 is 0 Å². The molecule has 0 spiro atoms. The Bertz CT molecular complexity index is 685. The van der Waals surface area contributed by atoms with E-state index in [0.29, 0.717) is 6.54 Å². The smallest absolute Gasteiger partial charge is 0.141 e. The van der Waals surface area contributed by atoms with Gasteiger partial charge in [0.25, 0.3) is 0 Å². The molecule has 25 heavy (non-hydrogen) atoms. The second kappa shape index (κ2) is 8.36. The molecule has 1 aliphatic heterocycles. The zero-order valence-corrected chi connectivity index (χ0v) is 15.0. The number of halogens is 1. The Balaban J connectivity index is 1.58. The van der Waals surface area contributed by atoms with E-state index in [2.05, 4.69) is 38.1 Å². The van der Waals surface area contributed by atoms with E-state index in [9.17, 15) is 4.39 Å². The lowest BCUT2D eigenvalue weighted by molar-refractivity contribution is 0.270. The molecule has 5 nitrogen and oxygen atoms in total. The van der Waals surface area contributed by atoms with Crippen molar-refractivity contribution < 1.29 is 4.39 Å². The Labute approximate surface area is 148 Å².